The van der Waals surface area contributed by atoms with E-state index in [0.29, 0.717) is 31.8 Å². The van der Waals surface area contributed by atoms with Crippen molar-refractivity contribution in [3.05, 3.63) is 28.6 Å². The molecule has 1 saturated heterocycles. The summed E-state index contributed by atoms with van der Waals surface area (Å²) in [5.74, 6) is -0.312. The highest BCUT2D eigenvalue weighted by atomic mass is 16.5. The van der Waals surface area contributed by atoms with Crippen LogP contribution in [0.1, 0.15) is 54.4 Å². The van der Waals surface area contributed by atoms with Crippen LogP contribution in [0.2, 0.25) is 0 Å². The maximum absolute atomic E-state index is 12.8. The number of carbonyl (C=O) groups is 2. The minimum Gasteiger partial charge on any atom is -0.462 e. The fraction of sp³-hybridized carbons (Fsp3) is 0.636. The van der Waals surface area contributed by atoms with Gasteiger partial charge in [-0.1, -0.05) is 6.92 Å². The Morgan fingerprint density at radius 2 is 2.17 bits per heavy atom. The Bertz CT molecular complexity index is 865. The fourth-order valence-corrected chi connectivity index (χ4v) is 4.46. The lowest BCUT2D eigenvalue weighted by Gasteiger charge is -2.36. The quantitative estimate of drug-likeness (QED) is 0.543. The molecule has 0 aliphatic carbocycles. The molecular formula is C22H30N4O4. The molecule has 0 unspecified atom stereocenters. The van der Waals surface area contributed by atoms with Gasteiger partial charge in [-0.3, -0.25) is 14.5 Å². The van der Waals surface area contributed by atoms with Crippen LogP contribution in [0.15, 0.2) is 16.6 Å². The van der Waals surface area contributed by atoms with Crippen LogP contribution in [0.25, 0.3) is 0 Å². The van der Waals surface area contributed by atoms with Gasteiger partial charge < -0.3 is 14.8 Å². The van der Waals surface area contributed by atoms with Crippen LogP contribution in [0.3, 0.4) is 0 Å². The maximum atomic E-state index is 12.8. The summed E-state index contributed by atoms with van der Waals surface area (Å²) in [6, 6.07) is 0. The van der Waals surface area contributed by atoms with Crippen molar-refractivity contribution in [3.63, 3.8) is 0 Å². The summed E-state index contributed by atoms with van der Waals surface area (Å²) in [5.41, 5.74) is 3.26. The van der Waals surface area contributed by atoms with E-state index in [4.69, 9.17) is 14.6 Å². The van der Waals surface area contributed by atoms with Crippen LogP contribution in [0.4, 0.5) is 0 Å². The molecule has 3 aliphatic heterocycles. The number of rotatable bonds is 7. The molecule has 0 aromatic carbocycles. The van der Waals surface area contributed by atoms with Gasteiger partial charge in [-0.05, 0) is 50.0 Å². The van der Waals surface area contributed by atoms with Crippen LogP contribution in [-0.4, -0.2) is 60.8 Å². The van der Waals surface area contributed by atoms with Crippen LogP contribution in [0, 0.1) is 5.41 Å². The lowest BCUT2D eigenvalue weighted by atomic mass is 9.76. The number of esters is 1. The number of hydrogen-bond acceptors (Lipinski definition) is 6. The summed E-state index contributed by atoms with van der Waals surface area (Å²) in [7, 11) is 0. The SMILES string of the molecule is CCc1nn(CCCCOC(=O)C2=CCN=C2)c2c1C(=O)NCC1(CCOCC1)C2. The van der Waals surface area contributed by atoms with Gasteiger partial charge in [-0.2, -0.15) is 5.10 Å². The predicted molar refractivity (Wildman–Crippen MR) is 112 cm³/mol. The molecule has 1 N–H and O–H groups in total. The van der Waals surface area contributed by atoms with E-state index in [0.717, 1.165) is 68.7 Å². The standard InChI is InChI=1S/C22H30N4O4/c1-2-17-19-18(13-22(15-24-20(19)27)6-11-29-12-7-22)26(25-17)9-3-4-10-30-21(28)16-5-8-23-14-16/h5,14H,2-4,6-13,15H2,1H3,(H,24,27). The second-order valence-electron chi connectivity index (χ2n) is 8.31. The lowest BCUT2D eigenvalue weighted by Crippen LogP contribution is -2.40. The summed E-state index contributed by atoms with van der Waals surface area (Å²) < 4.78 is 12.9. The van der Waals surface area contributed by atoms with Gasteiger partial charge in [0.2, 0.25) is 0 Å². The van der Waals surface area contributed by atoms with E-state index in [9.17, 15) is 9.59 Å². The average molecular weight is 415 g/mol. The second-order valence-corrected chi connectivity index (χ2v) is 8.31. The molecule has 0 bridgehead atoms. The second kappa shape index (κ2) is 9.12. The molecule has 0 radical (unpaired) electrons. The first-order valence-electron chi connectivity index (χ1n) is 10.9. The molecule has 0 atom stereocenters. The largest absolute Gasteiger partial charge is 0.462 e. The zero-order valence-corrected chi connectivity index (χ0v) is 17.6. The average Bonchev–Trinajstić information content (AvgIpc) is 3.38. The van der Waals surface area contributed by atoms with E-state index < -0.39 is 0 Å². The van der Waals surface area contributed by atoms with Gasteiger partial charge in [-0.15, -0.1) is 0 Å². The van der Waals surface area contributed by atoms with Crippen molar-refractivity contribution in [2.75, 3.05) is 32.9 Å². The Morgan fingerprint density at radius 1 is 1.33 bits per heavy atom. The number of aryl methyl sites for hydroxylation is 2. The molecular weight excluding hydrogens is 384 g/mol. The highest BCUT2D eigenvalue weighted by molar-refractivity contribution is 6.10. The number of aromatic nitrogens is 2. The summed E-state index contributed by atoms with van der Waals surface area (Å²) in [6.45, 7) is 5.85. The van der Waals surface area contributed by atoms with Crippen LogP contribution in [0.5, 0.6) is 0 Å². The maximum Gasteiger partial charge on any atom is 0.339 e. The van der Waals surface area contributed by atoms with Gasteiger partial charge in [0, 0.05) is 32.5 Å². The number of unbranched alkanes of at least 4 members (excludes halogenated alkanes) is 1. The Morgan fingerprint density at radius 3 is 2.90 bits per heavy atom. The first kappa shape index (κ1) is 20.8. The Balaban J connectivity index is 1.40. The van der Waals surface area contributed by atoms with Crippen molar-refractivity contribution in [2.45, 2.75) is 52.0 Å². The van der Waals surface area contributed by atoms with Crippen molar-refractivity contribution in [1.29, 1.82) is 0 Å². The lowest BCUT2D eigenvalue weighted by molar-refractivity contribution is -0.138. The van der Waals surface area contributed by atoms with E-state index >= 15 is 0 Å². The molecule has 1 aromatic rings. The fourth-order valence-electron chi connectivity index (χ4n) is 4.46. The Kier molecular flexibility index (Phi) is 6.32. The van der Waals surface area contributed by atoms with Gasteiger partial charge >= 0.3 is 5.97 Å². The summed E-state index contributed by atoms with van der Waals surface area (Å²) >= 11 is 0. The minimum absolute atomic E-state index is 0.00287. The first-order chi connectivity index (χ1) is 14.6. The molecule has 8 nitrogen and oxygen atoms in total. The van der Waals surface area contributed by atoms with Crippen molar-refractivity contribution >= 4 is 18.1 Å². The molecule has 3 aliphatic rings. The molecule has 8 heteroatoms. The zero-order valence-electron chi connectivity index (χ0n) is 17.6. The van der Waals surface area contributed by atoms with E-state index in [2.05, 4.69) is 10.3 Å². The highest BCUT2D eigenvalue weighted by Gasteiger charge is 2.39. The van der Waals surface area contributed by atoms with Gasteiger partial charge in [0.25, 0.3) is 5.91 Å². The van der Waals surface area contributed by atoms with Gasteiger partial charge in [0.1, 0.15) is 0 Å². The molecule has 1 spiro atoms. The number of ether oxygens (including phenoxy) is 2. The predicted octanol–water partition coefficient (Wildman–Crippen LogP) is 1.86. The third-order valence-electron chi connectivity index (χ3n) is 6.29. The monoisotopic (exact) mass is 414 g/mol. The number of fused-ring (bicyclic) bond motifs is 1. The molecule has 30 heavy (non-hydrogen) atoms. The smallest absolute Gasteiger partial charge is 0.339 e. The van der Waals surface area contributed by atoms with E-state index in [1.165, 1.54) is 0 Å². The van der Waals surface area contributed by atoms with Crippen LogP contribution >= 0.6 is 0 Å². The third kappa shape index (κ3) is 4.33. The molecule has 162 valence electrons. The Hall–Kier alpha value is -2.48. The summed E-state index contributed by atoms with van der Waals surface area (Å²) in [5, 5.41) is 7.91. The molecule has 4 heterocycles. The van der Waals surface area contributed by atoms with Crippen molar-refractivity contribution in [1.82, 2.24) is 15.1 Å². The van der Waals surface area contributed by atoms with Gasteiger partial charge in [0.05, 0.1) is 35.7 Å². The first-order valence-corrected chi connectivity index (χ1v) is 10.9. The number of nitrogens with zero attached hydrogens (tertiary/aromatic N) is 3. The highest BCUT2D eigenvalue weighted by Crippen LogP contribution is 2.37. The van der Waals surface area contributed by atoms with Gasteiger partial charge in [0.15, 0.2) is 0 Å². The number of amides is 1. The van der Waals surface area contributed by atoms with Crippen LogP contribution < -0.4 is 5.32 Å². The Labute approximate surface area is 176 Å². The van der Waals surface area contributed by atoms with E-state index in [-0.39, 0.29) is 17.3 Å². The van der Waals surface area contributed by atoms with Crippen molar-refractivity contribution in [3.8, 4) is 0 Å². The zero-order chi connectivity index (χ0) is 21.0. The molecule has 1 amide bonds. The topological polar surface area (TPSA) is 94.8 Å². The third-order valence-corrected chi connectivity index (χ3v) is 6.29. The molecule has 4 rings (SSSR count). The van der Waals surface area contributed by atoms with E-state index in [1.807, 2.05) is 11.6 Å². The van der Waals surface area contributed by atoms with Crippen LogP contribution in [-0.2, 0) is 33.7 Å². The van der Waals surface area contributed by atoms with Crippen molar-refractivity contribution in [2.24, 2.45) is 10.4 Å². The van der Waals surface area contributed by atoms with E-state index in [1.54, 1.807) is 12.3 Å². The molecule has 0 saturated carbocycles. The number of aliphatic imine (C=N–C) groups is 1. The molecule has 1 aromatic heterocycles. The normalized spacial score (nSPS) is 19.9. The number of nitrogens with one attached hydrogen (secondary N) is 1. The van der Waals surface area contributed by atoms with Gasteiger partial charge in [-0.25, -0.2) is 4.79 Å². The van der Waals surface area contributed by atoms with Crippen molar-refractivity contribution < 1.29 is 19.1 Å². The number of hydrogen-bond donors (Lipinski definition) is 1. The number of carbonyl (C=O) groups excluding carboxylic acids is 2. The minimum atomic E-state index is -0.310. The summed E-state index contributed by atoms with van der Waals surface area (Å²) in [4.78, 5) is 28.7. The summed E-state index contributed by atoms with van der Waals surface area (Å²) in [6.07, 6.45) is 8.39. The molecule has 1 fully saturated rings.